The van der Waals surface area contributed by atoms with Gasteiger partial charge in [0.25, 0.3) is 0 Å². The van der Waals surface area contributed by atoms with Gasteiger partial charge in [0, 0.05) is 30.3 Å². The Morgan fingerprint density at radius 2 is 1.97 bits per heavy atom. The number of alkyl halides is 3. The van der Waals surface area contributed by atoms with Crippen molar-refractivity contribution in [3.8, 4) is 5.75 Å². The molecule has 4 unspecified atom stereocenters. The topological polar surface area (TPSA) is 110 Å². The summed E-state index contributed by atoms with van der Waals surface area (Å²) in [4.78, 5) is 36.9. The molecule has 0 radical (unpaired) electrons. The van der Waals surface area contributed by atoms with Crippen LogP contribution >= 0.6 is 0 Å². The van der Waals surface area contributed by atoms with E-state index in [1.807, 2.05) is 26.8 Å². The normalized spacial score (nSPS) is 29.0. The Bertz CT molecular complexity index is 1270. The summed E-state index contributed by atoms with van der Waals surface area (Å²) in [7, 11) is 0. The maximum Gasteiger partial charge on any atom is 0.425 e. The molecule has 0 bridgehead atoms. The zero-order valence-electron chi connectivity index (χ0n) is 21.3. The molecule has 2 amide bonds. The van der Waals surface area contributed by atoms with Gasteiger partial charge >= 0.3 is 6.18 Å². The fourth-order valence-electron chi connectivity index (χ4n) is 5.79. The highest BCUT2D eigenvalue weighted by atomic mass is 19.4. The summed E-state index contributed by atoms with van der Waals surface area (Å²) in [6.45, 7) is 5.54. The second kappa shape index (κ2) is 9.28. The van der Waals surface area contributed by atoms with E-state index in [9.17, 15) is 22.8 Å². The number of fused-ring (bicyclic) bond motifs is 1. The number of nitrogens with two attached hydrogens (primary N) is 1. The summed E-state index contributed by atoms with van der Waals surface area (Å²) >= 11 is 0. The molecule has 1 saturated carbocycles. The molecule has 1 aromatic heterocycles. The third-order valence-electron chi connectivity index (χ3n) is 7.63. The number of ether oxygens (including phenoxy) is 1. The first-order valence-electron chi connectivity index (χ1n) is 12.6. The SMILES string of the molecule is CC1C(C(=O)N[C@H]2C[C@H](C(F)(F)F)Oc3ccccc32)C1C(c1cccnc1)N1C(=O)CC(C)(C)N=C1N. The lowest BCUT2D eigenvalue weighted by Gasteiger charge is -2.38. The van der Waals surface area contributed by atoms with Crippen LogP contribution < -0.4 is 15.8 Å². The molecule has 6 atom stereocenters. The number of para-hydroxylation sites is 1. The van der Waals surface area contributed by atoms with Crippen molar-refractivity contribution >= 4 is 17.8 Å². The summed E-state index contributed by atoms with van der Waals surface area (Å²) in [6.07, 6.45) is -3.63. The maximum absolute atomic E-state index is 13.6. The Labute approximate surface area is 218 Å². The number of guanidine groups is 1. The minimum Gasteiger partial charge on any atom is -0.480 e. The van der Waals surface area contributed by atoms with Crippen LogP contribution in [0.4, 0.5) is 13.2 Å². The van der Waals surface area contributed by atoms with Gasteiger partial charge in [-0.2, -0.15) is 13.2 Å². The molecule has 1 fully saturated rings. The zero-order chi connectivity index (χ0) is 27.4. The number of rotatable bonds is 5. The molecule has 3 aliphatic rings. The predicted molar refractivity (Wildman–Crippen MR) is 133 cm³/mol. The summed E-state index contributed by atoms with van der Waals surface area (Å²) in [5.74, 6) is -1.44. The molecule has 1 aliphatic carbocycles. The van der Waals surface area contributed by atoms with Gasteiger partial charge in [-0.25, -0.2) is 4.99 Å². The molecule has 5 rings (SSSR count). The monoisotopic (exact) mass is 529 g/mol. The van der Waals surface area contributed by atoms with E-state index in [4.69, 9.17) is 10.5 Å². The number of benzene rings is 1. The minimum atomic E-state index is -4.57. The molecule has 202 valence electrons. The number of aromatic nitrogens is 1. The van der Waals surface area contributed by atoms with Crippen molar-refractivity contribution in [2.24, 2.45) is 28.5 Å². The molecule has 8 nitrogen and oxygen atoms in total. The minimum absolute atomic E-state index is 0.0738. The second-order valence-corrected chi connectivity index (χ2v) is 10.9. The van der Waals surface area contributed by atoms with Gasteiger partial charge in [-0.05, 0) is 43.4 Å². The number of hydrogen-bond donors (Lipinski definition) is 2. The number of halogens is 3. The van der Waals surface area contributed by atoms with Crippen molar-refractivity contribution in [3.05, 3.63) is 59.9 Å². The lowest BCUT2D eigenvalue weighted by Crippen LogP contribution is -2.52. The average Bonchev–Trinajstić information content (AvgIpc) is 3.50. The van der Waals surface area contributed by atoms with Gasteiger partial charge in [-0.3, -0.25) is 19.5 Å². The molecule has 2 aromatic rings. The van der Waals surface area contributed by atoms with Crippen LogP contribution in [0.2, 0.25) is 0 Å². The Hall–Kier alpha value is -3.63. The van der Waals surface area contributed by atoms with Gasteiger partial charge in [0.1, 0.15) is 5.75 Å². The van der Waals surface area contributed by atoms with E-state index in [1.54, 1.807) is 36.7 Å². The van der Waals surface area contributed by atoms with Crippen LogP contribution in [0.1, 0.15) is 56.8 Å². The van der Waals surface area contributed by atoms with Crippen molar-refractivity contribution in [2.45, 2.75) is 63.5 Å². The number of carbonyl (C=O) groups excluding carboxylic acids is 2. The van der Waals surface area contributed by atoms with E-state index in [0.29, 0.717) is 11.1 Å². The van der Waals surface area contributed by atoms with Crippen LogP contribution in [0.5, 0.6) is 5.75 Å². The Morgan fingerprint density at radius 3 is 2.63 bits per heavy atom. The zero-order valence-corrected chi connectivity index (χ0v) is 21.3. The first kappa shape index (κ1) is 26.0. The number of aliphatic imine (C=N–C) groups is 1. The highest BCUT2D eigenvalue weighted by molar-refractivity contribution is 5.99. The van der Waals surface area contributed by atoms with Gasteiger partial charge in [0.05, 0.1) is 24.0 Å². The van der Waals surface area contributed by atoms with E-state index in [-0.39, 0.29) is 41.8 Å². The molecule has 38 heavy (non-hydrogen) atoms. The summed E-state index contributed by atoms with van der Waals surface area (Å²) in [5, 5.41) is 2.84. The lowest BCUT2D eigenvalue weighted by atomic mass is 9.94. The average molecular weight is 530 g/mol. The van der Waals surface area contributed by atoms with Crippen molar-refractivity contribution in [2.75, 3.05) is 0 Å². The lowest BCUT2D eigenvalue weighted by molar-refractivity contribution is -0.201. The number of amides is 2. The Morgan fingerprint density at radius 1 is 1.24 bits per heavy atom. The standard InChI is InChI=1S/C27H30F3N5O3/c1-14-21(23(15-7-6-10-32-13-15)35-20(36)12-26(2,3)34-25(35)31)22(14)24(37)33-17-11-19(27(28,29)30)38-18-9-5-4-8-16(17)18/h4-10,13-14,17,19,21-23H,11-12H2,1-3H3,(H2,31,34)(H,33,37)/t14?,17-,19+,21?,22?,23?/m0/s1. The van der Waals surface area contributed by atoms with Crippen LogP contribution in [0.25, 0.3) is 0 Å². The fourth-order valence-corrected chi connectivity index (χ4v) is 5.79. The molecular weight excluding hydrogens is 499 g/mol. The van der Waals surface area contributed by atoms with Crippen molar-refractivity contribution < 1.29 is 27.5 Å². The first-order chi connectivity index (χ1) is 17.9. The summed E-state index contributed by atoms with van der Waals surface area (Å²) in [6, 6.07) is 8.52. The molecule has 0 saturated heterocycles. The quantitative estimate of drug-likeness (QED) is 0.611. The van der Waals surface area contributed by atoms with Crippen molar-refractivity contribution in [3.63, 3.8) is 0 Å². The van der Waals surface area contributed by atoms with Gasteiger partial charge in [-0.15, -0.1) is 0 Å². The molecule has 3 N–H and O–H groups in total. The van der Waals surface area contributed by atoms with Gasteiger partial charge in [0.2, 0.25) is 11.8 Å². The number of carbonyl (C=O) groups is 2. The summed E-state index contributed by atoms with van der Waals surface area (Å²) in [5.41, 5.74) is 6.85. The molecule has 2 aliphatic heterocycles. The van der Waals surface area contributed by atoms with Crippen molar-refractivity contribution in [1.82, 2.24) is 15.2 Å². The van der Waals surface area contributed by atoms with Gasteiger partial charge < -0.3 is 15.8 Å². The van der Waals surface area contributed by atoms with Gasteiger partial charge in [-0.1, -0.05) is 31.2 Å². The van der Waals surface area contributed by atoms with E-state index in [0.717, 1.165) is 0 Å². The highest BCUT2D eigenvalue weighted by Crippen LogP contribution is 2.56. The van der Waals surface area contributed by atoms with E-state index in [1.165, 1.54) is 11.0 Å². The molecule has 3 heterocycles. The Balaban J connectivity index is 1.42. The Kier molecular flexibility index (Phi) is 6.35. The van der Waals surface area contributed by atoms with Crippen LogP contribution in [0.15, 0.2) is 53.8 Å². The predicted octanol–water partition coefficient (Wildman–Crippen LogP) is 3.90. The number of nitrogens with one attached hydrogen (secondary N) is 1. The first-order valence-corrected chi connectivity index (χ1v) is 12.6. The molecule has 1 aromatic carbocycles. The third-order valence-corrected chi connectivity index (χ3v) is 7.63. The highest BCUT2D eigenvalue weighted by Gasteiger charge is 2.59. The van der Waals surface area contributed by atoms with Crippen LogP contribution in [0, 0.1) is 17.8 Å². The van der Waals surface area contributed by atoms with E-state index >= 15 is 0 Å². The van der Waals surface area contributed by atoms with E-state index < -0.39 is 42.2 Å². The van der Waals surface area contributed by atoms with E-state index in [2.05, 4.69) is 15.3 Å². The third kappa shape index (κ3) is 4.81. The largest absolute Gasteiger partial charge is 0.480 e. The fraction of sp³-hybridized carbons (Fsp3) is 0.481. The van der Waals surface area contributed by atoms with Crippen molar-refractivity contribution in [1.29, 1.82) is 0 Å². The molecular formula is C27H30F3N5O3. The molecule has 11 heteroatoms. The number of hydrogen-bond acceptors (Lipinski definition) is 6. The summed E-state index contributed by atoms with van der Waals surface area (Å²) < 4.78 is 45.9. The van der Waals surface area contributed by atoms with Crippen LogP contribution in [-0.2, 0) is 9.59 Å². The van der Waals surface area contributed by atoms with Crippen LogP contribution in [0.3, 0.4) is 0 Å². The molecule has 0 spiro atoms. The number of pyridine rings is 1. The smallest absolute Gasteiger partial charge is 0.425 e. The second-order valence-electron chi connectivity index (χ2n) is 10.9. The maximum atomic E-state index is 13.6. The van der Waals surface area contributed by atoms with Crippen LogP contribution in [-0.4, -0.2) is 45.5 Å². The number of nitrogens with zero attached hydrogens (tertiary/aromatic N) is 3. The van der Waals surface area contributed by atoms with Gasteiger partial charge in [0.15, 0.2) is 12.1 Å².